The minimum Gasteiger partial charge on any atom is -0.496 e. The van der Waals surface area contributed by atoms with E-state index >= 15 is 0 Å². The lowest BCUT2D eigenvalue weighted by atomic mass is 9.79. The van der Waals surface area contributed by atoms with E-state index in [4.69, 9.17) is 28.4 Å². The van der Waals surface area contributed by atoms with Gasteiger partial charge in [-0.05, 0) is 160 Å². The summed E-state index contributed by atoms with van der Waals surface area (Å²) in [7, 11) is 7.37. The van der Waals surface area contributed by atoms with Crippen LogP contribution in [0.1, 0.15) is 262 Å². The maximum atomic E-state index is 7.69. The normalized spacial score (nSPS) is 14.4. The summed E-state index contributed by atoms with van der Waals surface area (Å²) in [5, 5.41) is 0. The molecule has 0 spiro atoms. The van der Waals surface area contributed by atoms with Crippen molar-refractivity contribution < 1.29 is 28.4 Å². The summed E-state index contributed by atoms with van der Waals surface area (Å²) >= 11 is 4.28. The third-order valence-corrected chi connectivity index (χ3v) is 19.6. The molecular weight excluding hydrogens is 1160 g/mol. The summed E-state index contributed by atoms with van der Waals surface area (Å²) in [6, 6.07) is 33.5. The first kappa shape index (κ1) is 67.2. The Kier molecular flexibility index (Phi) is 18.5. The molecule has 12 bridgehead atoms. The van der Waals surface area contributed by atoms with E-state index in [1.165, 1.54) is 38.9 Å². The number of ether oxygens (including phenoxy) is 6. The standard InChI is InChI=1S/C82H105BrO6/c1-76(2,3)62-32-48-26-49-33-63(77(4,5)6)37-53(71(49)85-23)29-58-42-67(81(16,17)18)43-59-31-55-39-65(79(10,11)12)35-51(73(55)87-25)27-50-34-64(78(7,8)9)38-54(72(50)86-24)30-57-41-66(80(13,14)15)40-56(28-52(36-62)70(48)84-22)74(57)88-46-60-44-68(82(19,20)21)45-61(69(60)83)47-89-75(58)59/h32-45H,26-31,46-47H2,1-25H3. The highest BCUT2D eigenvalue weighted by Gasteiger charge is 2.32. The first-order chi connectivity index (χ1) is 41.2. The molecule has 0 aromatic heterocycles. The Balaban J connectivity index is 1.53. The third-order valence-electron chi connectivity index (χ3n) is 18.6. The van der Waals surface area contributed by atoms with Crippen LogP contribution in [0.3, 0.4) is 0 Å². The fourth-order valence-electron chi connectivity index (χ4n) is 13.0. The molecule has 0 unspecified atom stereocenters. The number of methoxy groups -OCH3 is 4. The molecule has 0 saturated heterocycles. The molecule has 89 heavy (non-hydrogen) atoms. The highest BCUT2D eigenvalue weighted by atomic mass is 79.9. The van der Waals surface area contributed by atoms with Gasteiger partial charge in [0, 0.05) is 54.1 Å². The molecule has 7 aromatic carbocycles. The van der Waals surface area contributed by atoms with Gasteiger partial charge in [-0.25, -0.2) is 0 Å². The Morgan fingerprint density at radius 1 is 0.247 bits per heavy atom. The van der Waals surface area contributed by atoms with E-state index in [9.17, 15) is 0 Å². The van der Waals surface area contributed by atoms with Crippen molar-refractivity contribution in [2.45, 2.75) is 235 Å². The third kappa shape index (κ3) is 14.5. The largest absolute Gasteiger partial charge is 0.496 e. The van der Waals surface area contributed by atoms with Gasteiger partial charge >= 0.3 is 0 Å². The predicted octanol–water partition coefficient (Wildman–Crippen LogP) is 20.9. The van der Waals surface area contributed by atoms with Gasteiger partial charge in [-0.2, -0.15) is 0 Å². The smallest absolute Gasteiger partial charge is 0.126 e. The molecule has 7 aromatic rings. The quantitative estimate of drug-likeness (QED) is 0.175. The first-order valence-corrected chi connectivity index (χ1v) is 33.2. The Labute approximate surface area is 545 Å². The molecule has 0 atom stereocenters. The molecule has 476 valence electrons. The van der Waals surface area contributed by atoms with Crippen molar-refractivity contribution in [1.29, 1.82) is 0 Å². The summed E-state index contributed by atoms with van der Waals surface area (Å²) in [6.07, 6.45) is 3.42. The fraction of sp³-hybridized carbons (Fsp3) is 0.488. The summed E-state index contributed by atoms with van der Waals surface area (Å²) in [5.74, 6) is 5.23. The maximum Gasteiger partial charge on any atom is 0.126 e. The molecule has 2 aliphatic heterocycles. The van der Waals surface area contributed by atoms with E-state index in [0.717, 1.165) is 117 Å². The van der Waals surface area contributed by atoms with Gasteiger partial charge in [0.15, 0.2) is 0 Å². The lowest BCUT2D eigenvalue weighted by Gasteiger charge is -2.29. The fourth-order valence-corrected chi connectivity index (χ4v) is 13.5. The van der Waals surface area contributed by atoms with Crippen molar-refractivity contribution in [3.05, 3.63) is 206 Å². The molecule has 0 N–H and O–H groups in total. The van der Waals surface area contributed by atoms with Gasteiger partial charge in [-0.1, -0.05) is 230 Å². The van der Waals surface area contributed by atoms with Crippen molar-refractivity contribution in [3.63, 3.8) is 0 Å². The van der Waals surface area contributed by atoms with Crippen LogP contribution in [0.2, 0.25) is 0 Å². The molecule has 0 fully saturated rings. The van der Waals surface area contributed by atoms with Gasteiger partial charge in [0.05, 0.1) is 28.4 Å². The number of benzene rings is 7. The Morgan fingerprint density at radius 2 is 0.393 bits per heavy atom. The Hall–Kier alpha value is -6.18. The second kappa shape index (κ2) is 24.5. The monoisotopic (exact) mass is 1260 g/mol. The molecule has 0 amide bonds. The van der Waals surface area contributed by atoms with Gasteiger partial charge in [-0.15, -0.1) is 0 Å². The van der Waals surface area contributed by atoms with E-state index in [-0.39, 0.29) is 37.9 Å². The number of hydrogen-bond acceptors (Lipinski definition) is 6. The molecule has 0 saturated carbocycles. The molecule has 2 aliphatic rings. The Bertz CT molecular complexity index is 3390. The summed E-state index contributed by atoms with van der Waals surface area (Å²) in [6.45, 7) is 49.3. The minimum atomic E-state index is -0.215. The molecule has 9 rings (SSSR count). The summed E-state index contributed by atoms with van der Waals surface area (Å²) in [4.78, 5) is 0. The lowest BCUT2D eigenvalue weighted by molar-refractivity contribution is 0.291. The number of hydrogen-bond donors (Lipinski definition) is 0. The van der Waals surface area contributed by atoms with Crippen molar-refractivity contribution in [2.24, 2.45) is 0 Å². The number of rotatable bonds is 4. The van der Waals surface area contributed by atoms with E-state index < -0.39 is 0 Å². The van der Waals surface area contributed by atoms with Crippen molar-refractivity contribution >= 4 is 15.9 Å². The topological polar surface area (TPSA) is 55.4 Å². The molecule has 0 radical (unpaired) electrons. The second-order valence-electron chi connectivity index (χ2n) is 33.1. The van der Waals surface area contributed by atoms with Gasteiger partial charge < -0.3 is 28.4 Å². The molecular formula is C82H105BrO6. The van der Waals surface area contributed by atoms with Crippen molar-refractivity contribution in [2.75, 3.05) is 28.4 Å². The first-order valence-electron chi connectivity index (χ1n) is 32.4. The van der Waals surface area contributed by atoms with Gasteiger partial charge in [0.25, 0.3) is 0 Å². The van der Waals surface area contributed by atoms with Crippen LogP contribution in [0.25, 0.3) is 0 Å². The molecule has 7 heteroatoms. The summed E-state index contributed by atoms with van der Waals surface area (Å²) in [5.41, 5.74) is 22.6. The van der Waals surface area contributed by atoms with Crippen LogP contribution in [-0.4, -0.2) is 28.4 Å². The highest BCUT2D eigenvalue weighted by molar-refractivity contribution is 9.10. The molecule has 0 aliphatic carbocycles. The van der Waals surface area contributed by atoms with E-state index in [2.05, 4.69) is 246 Å². The molecule has 6 nitrogen and oxygen atoms in total. The van der Waals surface area contributed by atoms with E-state index in [1.807, 2.05) is 28.4 Å². The van der Waals surface area contributed by atoms with Crippen LogP contribution in [0.15, 0.2) is 89.4 Å². The van der Waals surface area contributed by atoms with Gasteiger partial charge in [-0.3, -0.25) is 0 Å². The SMILES string of the molecule is COc1c2cc(C(C)(C)C)cc1Cc1cc(C(C)(C)C)cc3c1OCc1cc(C(C)(C)C)cc(c1Br)COc1c(cc(C(C)(C)C)cc1Cc1cc(C(C)(C)C)cc(c1OC)Cc1cc(C(C)(C)C)cc(c1OC)C3)Cc1cc(C(C)(C)C)cc(c1OC)C2. The van der Waals surface area contributed by atoms with Crippen LogP contribution in [-0.2, 0) is 89.6 Å². The molecule has 2 heterocycles. The van der Waals surface area contributed by atoms with Crippen molar-refractivity contribution in [3.8, 4) is 34.5 Å². The zero-order chi connectivity index (χ0) is 65.5. The van der Waals surface area contributed by atoms with Crippen LogP contribution in [0.5, 0.6) is 34.5 Å². The lowest BCUT2D eigenvalue weighted by Crippen LogP contribution is -2.18. The van der Waals surface area contributed by atoms with E-state index in [1.54, 1.807) is 0 Å². The summed E-state index contributed by atoms with van der Waals surface area (Å²) < 4.78 is 43.5. The second-order valence-corrected chi connectivity index (χ2v) is 33.8. The van der Waals surface area contributed by atoms with Crippen LogP contribution >= 0.6 is 15.9 Å². The maximum absolute atomic E-state index is 7.69. The van der Waals surface area contributed by atoms with Crippen LogP contribution < -0.4 is 28.4 Å². The van der Waals surface area contributed by atoms with Crippen LogP contribution in [0.4, 0.5) is 0 Å². The number of fused-ring (bicyclic) bond motifs is 10. The zero-order valence-electron chi connectivity index (χ0n) is 59.1. The van der Waals surface area contributed by atoms with Crippen molar-refractivity contribution in [1.82, 2.24) is 0 Å². The zero-order valence-corrected chi connectivity index (χ0v) is 60.7. The average Bonchev–Trinajstić information content (AvgIpc) is 0.985. The minimum absolute atomic E-state index is 0.189. The van der Waals surface area contributed by atoms with Crippen LogP contribution in [0, 0.1) is 0 Å². The number of halogens is 1. The highest BCUT2D eigenvalue weighted by Crippen LogP contribution is 2.47. The predicted molar refractivity (Wildman–Crippen MR) is 375 cm³/mol. The average molecular weight is 1270 g/mol. The Morgan fingerprint density at radius 3 is 0.551 bits per heavy atom. The van der Waals surface area contributed by atoms with Gasteiger partial charge in [0.2, 0.25) is 0 Å². The van der Waals surface area contributed by atoms with E-state index in [0.29, 0.717) is 51.7 Å². The van der Waals surface area contributed by atoms with Gasteiger partial charge in [0.1, 0.15) is 47.7 Å².